The van der Waals surface area contributed by atoms with E-state index in [1.807, 2.05) is 0 Å². The molecular weight excluding hydrogens is 956 g/mol. The number of nitrogens with one attached hydrogen (secondary N) is 2. The lowest BCUT2D eigenvalue weighted by Crippen LogP contribution is -2.13. The SMILES string of the molecule is O=C(Nc1ccc(-c2ccc(NC(=O)c3cc4ccccc4c(N=Nc4cc(C(F)(F)F)ccc4Cl)c3O)c(Cl)c2)cc1Cl)c1cc2ccccc2c(N=Nc2ccc(S(=O)(=O)O)cc2)c1O. The molecule has 0 aliphatic carbocycles. The molecule has 20 heteroatoms. The Morgan fingerprint density at radius 3 is 1.49 bits per heavy atom. The van der Waals surface area contributed by atoms with Gasteiger partial charge < -0.3 is 20.8 Å². The minimum Gasteiger partial charge on any atom is -0.505 e. The summed E-state index contributed by atoms with van der Waals surface area (Å²) in [5.41, 5.74) is -0.288. The van der Waals surface area contributed by atoms with Crippen LogP contribution in [0, 0.1) is 0 Å². The first-order valence-electron chi connectivity index (χ1n) is 19.3. The van der Waals surface area contributed by atoms with Gasteiger partial charge in [0.1, 0.15) is 17.1 Å². The standard InChI is InChI=1S/C47H28Cl3F3N6O7S/c48-35-16-11-28(47(51,52)53)23-40(35)57-59-42-32-8-4-2-6-27(32)20-34(44(42)61)46(63)55-39-18-10-25(22-37(39)50)24-9-17-38(36(49)21-24)54-45(62)33-19-26-5-1-3-7-31(26)41(43(33)60)58-56-29-12-14-30(15-13-29)67(64,65)66/h1-23,60-61H,(H,54,62)(H,55,63)(H,64,65,66). The van der Waals surface area contributed by atoms with Crippen LogP contribution in [-0.2, 0) is 16.3 Å². The van der Waals surface area contributed by atoms with Gasteiger partial charge >= 0.3 is 6.18 Å². The molecule has 0 saturated heterocycles. The third-order valence-electron chi connectivity index (χ3n) is 10.2. The summed E-state index contributed by atoms with van der Waals surface area (Å²) in [5.74, 6) is -2.63. The smallest absolute Gasteiger partial charge is 0.416 e. The summed E-state index contributed by atoms with van der Waals surface area (Å²) in [4.78, 5) is 27.0. The first kappa shape index (κ1) is 46.1. The second-order valence-corrected chi connectivity index (χ2v) is 17.2. The Kier molecular flexibility index (Phi) is 12.7. The summed E-state index contributed by atoms with van der Waals surface area (Å²) in [6.45, 7) is 0. The van der Waals surface area contributed by atoms with Crippen molar-refractivity contribution in [2.24, 2.45) is 20.5 Å². The summed E-state index contributed by atoms with van der Waals surface area (Å²) < 4.78 is 72.3. The van der Waals surface area contributed by atoms with Crippen molar-refractivity contribution >= 4 is 112 Å². The molecular formula is C47H28Cl3F3N6O7S. The number of amides is 2. The van der Waals surface area contributed by atoms with Crippen molar-refractivity contribution in [3.63, 3.8) is 0 Å². The zero-order valence-electron chi connectivity index (χ0n) is 33.7. The summed E-state index contributed by atoms with van der Waals surface area (Å²) in [5, 5.41) is 46.1. The fraction of sp³-hybridized carbons (Fsp3) is 0.0213. The quantitative estimate of drug-likeness (QED) is 0.0662. The Balaban J connectivity index is 1.01. The average Bonchev–Trinajstić information content (AvgIpc) is 3.29. The monoisotopic (exact) mass is 982 g/mol. The maximum Gasteiger partial charge on any atom is 0.416 e. The number of azo groups is 2. The Bertz CT molecular complexity index is 3500. The predicted octanol–water partition coefficient (Wildman–Crippen LogP) is 14.6. The second kappa shape index (κ2) is 18.5. The predicted molar refractivity (Wildman–Crippen MR) is 250 cm³/mol. The molecule has 0 radical (unpaired) electrons. The molecule has 67 heavy (non-hydrogen) atoms. The van der Waals surface area contributed by atoms with E-state index in [1.54, 1.807) is 72.8 Å². The van der Waals surface area contributed by atoms with Crippen molar-refractivity contribution < 1.29 is 45.9 Å². The molecule has 0 atom stereocenters. The summed E-state index contributed by atoms with van der Waals surface area (Å²) >= 11 is 19.4. The third kappa shape index (κ3) is 9.91. The van der Waals surface area contributed by atoms with Crippen LogP contribution in [0.15, 0.2) is 165 Å². The fourth-order valence-corrected chi connectivity index (χ4v) is 7.91. The van der Waals surface area contributed by atoms with Crippen LogP contribution in [-0.4, -0.2) is 35.0 Å². The number of rotatable bonds is 10. The Hall–Kier alpha value is -7.41. The lowest BCUT2D eigenvalue weighted by Gasteiger charge is -2.14. The molecule has 0 aliphatic heterocycles. The second-order valence-electron chi connectivity index (χ2n) is 14.5. The number of anilines is 2. The molecule has 0 aliphatic rings. The highest BCUT2D eigenvalue weighted by Crippen LogP contribution is 2.43. The third-order valence-corrected chi connectivity index (χ3v) is 12.0. The summed E-state index contributed by atoms with van der Waals surface area (Å²) in [7, 11) is -4.43. The molecule has 5 N–H and O–H groups in total. The van der Waals surface area contributed by atoms with E-state index in [0.29, 0.717) is 38.7 Å². The molecule has 8 aromatic carbocycles. The fourth-order valence-electron chi connectivity index (χ4n) is 6.82. The first-order chi connectivity index (χ1) is 31.8. The molecule has 8 rings (SSSR count). The number of carbonyl (C=O) groups excluding carboxylic acids is 2. The van der Waals surface area contributed by atoms with E-state index in [1.165, 1.54) is 36.4 Å². The van der Waals surface area contributed by atoms with E-state index in [2.05, 4.69) is 31.1 Å². The maximum absolute atomic E-state index is 13.7. The Morgan fingerprint density at radius 1 is 0.552 bits per heavy atom. The molecule has 336 valence electrons. The van der Waals surface area contributed by atoms with Crippen LogP contribution in [0.25, 0.3) is 32.7 Å². The van der Waals surface area contributed by atoms with Crippen molar-refractivity contribution in [3.8, 4) is 22.6 Å². The molecule has 0 bridgehead atoms. The van der Waals surface area contributed by atoms with Gasteiger partial charge in [-0.15, -0.1) is 15.3 Å². The van der Waals surface area contributed by atoms with Gasteiger partial charge in [-0.25, -0.2) is 0 Å². The van der Waals surface area contributed by atoms with Gasteiger partial charge in [0.25, 0.3) is 21.9 Å². The van der Waals surface area contributed by atoms with E-state index in [-0.39, 0.29) is 65.2 Å². The molecule has 0 fully saturated rings. The molecule has 0 saturated carbocycles. The molecule has 13 nitrogen and oxygen atoms in total. The van der Waals surface area contributed by atoms with Crippen LogP contribution in [0.4, 0.5) is 47.3 Å². The highest BCUT2D eigenvalue weighted by molar-refractivity contribution is 7.85. The number of hydrogen-bond acceptors (Lipinski definition) is 10. The highest BCUT2D eigenvalue weighted by Gasteiger charge is 2.31. The van der Waals surface area contributed by atoms with Crippen molar-refractivity contribution in [1.82, 2.24) is 0 Å². The van der Waals surface area contributed by atoms with Crippen molar-refractivity contribution in [1.29, 1.82) is 0 Å². The zero-order chi connectivity index (χ0) is 47.8. The lowest BCUT2D eigenvalue weighted by molar-refractivity contribution is -0.137. The van der Waals surface area contributed by atoms with Gasteiger partial charge in [-0.3, -0.25) is 14.1 Å². The molecule has 0 aromatic heterocycles. The van der Waals surface area contributed by atoms with Crippen molar-refractivity contribution in [2.75, 3.05) is 10.6 Å². The Morgan fingerprint density at radius 2 is 1.03 bits per heavy atom. The topological polar surface area (TPSA) is 202 Å². The lowest BCUT2D eigenvalue weighted by atomic mass is 10.0. The molecule has 8 aromatic rings. The molecule has 0 unspecified atom stereocenters. The van der Waals surface area contributed by atoms with Gasteiger partial charge in [-0.1, -0.05) is 95.5 Å². The van der Waals surface area contributed by atoms with E-state index in [9.17, 15) is 45.9 Å². The number of alkyl halides is 3. The van der Waals surface area contributed by atoms with Gasteiger partial charge in [-0.2, -0.15) is 26.7 Å². The van der Waals surface area contributed by atoms with Crippen LogP contribution in [0.5, 0.6) is 11.5 Å². The molecule has 0 spiro atoms. The van der Waals surface area contributed by atoms with Crippen LogP contribution in [0.2, 0.25) is 15.1 Å². The zero-order valence-corrected chi connectivity index (χ0v) is 36.8. The van der Waals surface area contributed by atoms with Gasteiger partial charge in [0, 0.05) is 10.8 Å². The number of halogens is 6. The minimum absolute atomic E-state index is 0.0384. The Labute approximate surface area is 392 Å². The maximum atomic E-state index is 13.7. The number of carbonyl (C=O) groups is 2. The largest absolute Gasteiger partial charge is 0.505 e. The van der Waals surface area contributed by atoms with Gasteiger partial charge in [0.15, 0.2) is 11.5 Å². The van der Waals surface area contributed by atoms with E-state index >= 15 is 0 Å². The molecule has 2 amide bonds. The van der Waals surface area contributed by atoms with Gasteiger partial charge in [-0.05, 0) is 101 Å². The van der Waals surface area contributed by atoms with E-state index < -0.39 is 45.2 Å². The van der Waals surface area contributed by atoms with Crippen LogP contribution < -0.4 is 10.6 Å². The number of aromatic hydroxyl groups is 2. The highest BCUT2D eigenvalue weighted by atomic mass is 35.5. The number of hydrogen-bond donors (Lipinski definition) is 5. The van der Waals surface area contributed by atoms with Crippen molar-refractivity contribution in [2.45, 2.75) is 11.1 Å². The van der Waals surface area contributed by atoms with Gasteiger partial charge in [0.05, 0.1) is 53.7 Å². The first-order valence-corrected chi connectivity index (χ1v) is 21.9. The normalized spacial score (nSPS) is 12.0. The molecule has 0 heterocycles. The average molecular weight is 984 g/mol. The van der Waals surface area contributed by atoms with E-state index in [0.717, 1.165) is 24.3 Å². The van der Waals surface area contributed by atoms with Crippen LogP contribution >= 0.6 is 34.8 Å². The van der Waals surface area contributed by atoms with E-state index in [4.69, 9.17) is 34.8 Å². The number of phenols is 2. The summed E-state index contributed by atoms with van der Waals surface area (Å²) in [6.07, 6.45) is -4.67. The minimum atomic E-state index is -4.67. The number of benzene rings is 8. The number of phenolic OH excluding ortho intramolecular Hbond substituents is 2. The van der Waals surface area contributed by atoms with Crippen LogP contribution in [0.3, 0.4) is 0 Å². The number of nitrogens with zero attached hydrogens (tertiary/aromatic N) is 4. The number of fused-ring (bicyclic) bond motifs is 2. The van der Waals surface area contributed by atoms with Gasteiger partial charge in [0.2, 0.25) is 0 Å². The van der Waals surface area contributed by atoms with Crippen LogP contribution in [0.1, 0.15) is 26.3 Å². The summed E-state index contributed by atoms with van der Waals surface area (Å²) in [6, 6.07) is 33.1. The van der Waals surface area contributed by atoms with Crippen molar-refractivity contribution in [3.05, 3.63) is 171 Å².